The molecule has 2 fully saturated rings. The number of aliphatic hydroxyl groups excluding tert-OH is 3. The zero-order chi connectivity index (χ0) is 24.9. The van der Waals surface area contributed by atoms with Gasteiger partial charge in [0.15, 0.2) is 23.2 Å². The molecule has 1 aromatic carbocycles. The highest BCUT2D eigenvalue weighted by molar-refractivity contribution is 6.28. The Morgan fingerprint density at radius 1 is 1.00 bits per heavy atom. The highest BCUT2D eigenvalue weighted by Gasteiger charge is 2.44. The van der Waals surface area contributed by atoms with Crippen molar-refractivity contribution in [3.05, 3.63) is 41.4 Å². The topological polar surface area (TPSA) is 120 Å². The second-order valence-corrected chi connectivity index (χ2v) is 8.73. The summed E-state index contributed by atoms with van der Waals surface area (Å²) < 4.78 is 45.6. The van der Waals surface area contributed by atoms with E-state index in [1.165, 1.54) is 23.0 Å². The summed E-state index contributed by atoms with van der Waals surface area (Å²) in [4.78, 5) is 16.9. The van der Waals surface area contributed by atoms with Gasteiger partial charge in [-0.1, -0.05) is 0 Å². The minimum atomic E-state index is -4.38. The second kappa shape index (κ2) is 9.06. The van der Waals surface area contributed by atoms with Crippen molar-refractivity contribution in [1.29, 1.82) is 0 Å². The van der Waals surface area contributed by atoms with Crippen LogP contribution in [0.25, 0.3) is 11.2 Å². The first-order chi connectivity index (χ1) is 16.7. The monoisotopic (exact) mass is 514 g/mol. The van der Waals surface area contributed by atoms with Gasteiger partial charge >= 0.3 is 6.18 Å². The maximum absolute atomic E-state index is 12.8. The van der Waals surface area contributed by atoms with E-state index in [-0.39, 0.29) is 5.28 Å². The van der Waals surface area contributed by atoms with E-state index < -0.39 is 42.9 Å². The molecule has 0 aliphatic carbocycles. The third-order valence-electron chi connectivity index (χ3n) is 6.31. The minimum Gasteiger partial charge on any atom is -0.394 e. The molecule has 2 aliphatic rings. The molecule has 188 valence electrons. The molecule has 3 aromatic rings. The maximum Gasteiger partial charge on any atom is 0.416 e. The lowest BCUT2D eigenvalue weighted by atomic mass is 10.1. The van der Waals surface area contributed by atoms with Gasteiger partial charge in [-0.05, 0) is 35.9 Å². The standard InChI is InChI=1S/C21H22ClF3N6O4/c22-20-27-17(14-18(28-20)31(10-26-14)19-16(34)15(33)13(9-32)35-19)30-7-5-29(6-8-30)12-3-1-11(2-4-12)21(23,24)25/h1-4,10,13,15-16,19,32-34H,5-9H2/t13-,15-,16-,19-/m1/s1. The molecule has 10 nitrogen and oxygen atoms in total. The summed E-state index contributed by atoms with van der Waals surface area (Å²) >= 11 is 6.19. The molecule has 0 radical (unpaired) electrons. The Kier molecular flexibility index (Phi) is 6.21. The molecule has 2 saturated heterocycles. The highest BCUT2D eigenvalue weighted by atomic mass is 35.5. The fourth-order valence-corrected chi connectivity index (χ4v) is 4.59. The van der Waals surface area contributed by atoms with Gasteiger partial charge in [-0.15, -0.1) is 0 Å². The summed E-state index contributed by atoms with van der Waals surface area (Å²) in [5, 5.41) is 29.8. The van der Waals surface area contributed by atoms with Crippen LogP contribution in [0.5, 0.6) is 0 Å². The number of rotatable bonds is 4. The summed E-state index contributed by atoms with van der Waals surface area (Å²) in [5.74, 6) is 0.470. The Bertz CT molecular complexity index is 1200. The molecule has 0 unspecified atom stereocenters. The first-order valence-electron chi connectivity index (χ1n) is 10.9. The first-order valence-corrected chi connectivity index (χ1v) is 11.2. The van der Waals surface area contributed by atoms with E-state index in [9.17, 15) is 28.5 Å². The van der Waals surface area contributed by atoms with Crippen molar-refractivity contribution in [3.63, 3.8) is 0 Å². The molecule has 5 rings (SSSR count). The van der Waals surface area contributed by atoms with Crippen molar-refractivity contribution in [2.24, 2.45) is 0 Å². The number of anilines is 2. The number of aromatic nitrogens is 4. The van der Waals surface area contributed by atoms with Crippen LogP contribution >= 0.6 is 11.6 Å². The van der Waals surface area contributed by atoms with Crippen molar-refractivity contribution in [3.8, 4) is 0 Å². The van der Waals surface area contributed by atoms with Gasteiger partial charge in [0.2, 0.25) is 5.28 Å². The van der Waals surface area contributed by atoms with E-state index in [0.717, 1.165) is 12.1 Å². The zero-order valence-corrected chi connectivity index (χ0v) is 18.9. The fourth-order valence-electron chi connectivity index (χ4n) is 4.43. The normalized spacial score (nSPS) is 25.6. The second-order valence-electron chi connectivity index (χ2n) is 8.39. The fraction of sp³-hybridized carbons (Fsp3) is 0.476. The number of halogens is 4. The van der Waals surface area contributed by atoms with E-state index in [1.54, 1.807) is 0 Å². The molecule has 0 amide bonds. The molecule has 0 bridgehead atoms. The van der Waals surface area contributed by atoms with E-state index in [1.807, 2.05) is 9.80 Å². The first kappa shape index (κ1) is 24.0. The van der Waals surface area contributed by atoms with E-state index in [0.29, 0.717) is 48.8 Å². The van der Waals surface area contributed by atoms with Crippen LogP contribution in [-0.2, 0) is 10.9 Å². The average Bonchev–Trinajstić information content (AvgIpc) is 3.38. The van der Waals surface area contributed by atoms with Gasteiger partial charge < -0.3 is 29.9 Å². The van der Waals surface area contributed by atoms with Crippen molar-refractivity contribution < 1.29 is 33.2 Å². The number of hydrogen-bond acceptors (Lipinski definition) is 9. The summed E-state index contributed by atoms with van der Waals surface area (Å²) in [6.45, 7) is 1.61. The van der Waals surface area contributed by atoms with Gasteiger partial charge in [0, 0.05) is 31.9 Å². The Balaban J connectivity index is 1.36. The Hall–Kier alpha value is -2.71. The molecular formula is C21H22ClF3N6O4. The molecule has 0 saturated carbocycles. The molecule has 35 heavy (non-hydrogen) atoms. The van der Waals surface area contributed by atoms with E-state index in [4.69, 9.17) is 16.3 Å². The number of alkyl halides is 3. The molecule has 4 atom stereocenters. The van der Waals surface area contributed by atoms with Crippen molar-refractivity contribution in [1.82, 2.24) is 19.5 Å². The summed E-state index contributed by atoms with van der Waals surface area (Å²) in [6, 6.07) is 5.06. The van der Waals surface area contributed by atoms with Crippen molar-refractivity contribution in [2.45, 2.75) is 30.7 Å². The zero-order valence-electron chi connectivity index (χ0n) is 18.2. The Morgan fingerprint density at radius 2 is 1.66 bits per heavy atom. The largest absolute Gasteiger partial charge is 0.416 e. The number of ether oxygens (including phenoxy) is 1. The van der Waals surface area contributed by atoms with Crippen molar-refractivity contribution in [2.75, 3.05) is 42.6 Å². The number of hydrogen-bond donors (Lipinski definition) is 3. The van der Waals surface area contributed by atoms with Crippen LogP contribution in [0.4, 0.5) is 24.7 Å². The number of imidazole rings is 1. The van der Waals surface area contributed by atoms with Crippen LogP contribution in [0.1, 0.15) is 11.8 Å². The molecule has 3 N–H and O–H groups in total. The van der Waals surface area contributed by atoms with Crippen LogP contribution in [0.3, 0.4) is 0 Å². The average molecular weight is 515 g/mol. The van der Waals surface area contributed by atoms with Gasteiger partial charge in [0.05, 0.1) is 18.5 Å². The van der Waals surface area contributed by atoms with Crippen molar-refractivity contribution >= 4 is 34.3 Å². The summed E-state index contributed by atoms with van der Waals surface area (Å²) in [7, 11) is 0. The molecule has 14 heteroatoms. The lowest BCUT2D eigenvalue weighted by molar-refractivity contribution is -0.137. The van der Waals surface area contributed by atoms with E-state index in [2.05, 4.69) is 15.0 Å². The number of piperazine rings is 1. The number of nitrogens with zero attached hydrogens (tertiary/aromatic N) is 6. The van der Waals surface area contributed by atoms with Gasteiger partial charge in [-0.2, -0.15) is 23.1 Å². The summed E-state index contributed by atoms with van der Waals surface area (Å²) in [5.41, 5.74) is 0.704. The van der Waals surface area contributed by atoms with Gasteiger partial charge in [-0.25, -0.2) is 4.98 Å². The lowest BCUT2D eigenvalue weighted by Crippen LogP contribution is -2.47. The molecule has 2 aliphatic heterocycles. The predicted molar refractivity (Wildman–Crippen MR) is 119 cm³/mol. The Morgan fingerprint density at radius 3 is 2.26 bits per heavy atom. The molecule has 2 aromatic heterocycles. The maximum atomic E-state index is 12.8. The SMILES string of the molecule is OC[C@H]1O[C@@H](n2cnc3c(N4CCN(c5ccc(C(F)(F)F)cc5)CC4)nc(Cl)nc32)[C@H](O)[C@@H]1O. The molecule has 4 heterocycles. The minimum absolute atomic E-state index is 0.0498. The van der Waals surface area contributed by atoms with E-state index >= 15 is 0 Å². The van der Waals surface area contributed by atoms with Gasteiger partial charge in [0.25, 0.3) is 0 Å². The quantitative estimate of drug-likeness (QED) is 0.444. The lowest BCUT2D eigenvalue weighted by Gasteiger charge is -2.36. The predicted octanol–water partition coefficient (Wildman–Crippen LogP) is 1.44. The van der Waals surface area contributed by atoms with Crippen LogP contribution in [0.2, 0.25) is 5.28 Å². The molecular weight excluding hydrogens is 493 g/mol. The van der Waals surface area contributed by atoms with Crippen LogP contribution in [0, 0.1) is 0 Å². The van der Waals surface area contributed by atoms with Crippen LogP contribution in [-0.4, -0.2) is 85.9 Å². The van der Waals surface area contributed by atoms with Gasteiger partial charge in [-0.3, -0.25) is 4.57 Å². The van der Waals surface area contributed by atoms with Crippen LogP contribution < -0.4 is 9.80 Å². The van der Waals surface area contributed by atoms with Gasteiger partial charge in [0.1, 0.15) is 18.3 Å². The smallest absolute Gasteiger partial charge is 0.394 e. The third-order valence-corrected chi connectivity index (χ3v) is 6.48. The molecule has 0 spiro atoms. The number of benzene rings is 1. The van der Waals surface area contributed by atoms with Crippen LogP contribution in [0.15, 0.2) is 30.6 Å². The Labute approximate surface area is 202 Å². The third kappa shape index (κ3) is 4.38. The summed E-state index contributed by atoms with van der Waals surface area (Å²) in [6.07, 6.45) is -7.55. The number of fused-ring (bicyclic) bond motifs is 1. The number of aliphatic hydroxyl groups is 3. The highest BCUT2D eigenvalue weighted by Crippen LogP contribution is 2.34.